The van der Waals surface area contributed by atoms with Crippen molar-refractivity contribution in [3.05, 3.63) is 41.3 Å². The highest BCUT2D eigenvalue weighted by Crippen LogP contribution is 2.37. The Morgan fingerprint density at radius 2 is 2.12 bits per heavy atom. The van der Waals surface area contributed by atoms with E-state index in [2.05, 4.69) is 17.4 Å². The lowest BCUT2D eigenvalue weighted by Gasteiger charge is -2.32. The van der Waals surface area contributed by atoms with Gasteiger partial charge in [0, 0.05) is 18.0 Å². The van der Waals surface area contributed by atoms with Crippen molar-refractivity contribution < 1.29 is 9.53 Å². The van der Waals surface area contributed by atoms with Crippen molar-refractivity contribution in [2.75, 3.05) is 33.3 Å². The fraction of sp³-hybridized carbons (Fsp3) is 0.450. The number of piperidine rings is 1. The molecule has 0 bridgehead atoms. The molecule has 4 nitrogen and oxygen atoms in total. The molecule has 1 N–H and O–H groups in total. The van der Waals surface area contributed by atoms with Crippen LogP contribution in [0.15, 0.2) is 36.4 Å². The predicted octanol–water partition coefficient (Wildman–Crippen LogP) is 4.31. The number of thiophene rings is 1. The molecule has 1 aliphatic heterocycles. The number of nitrogens with zero attached hydrogens (tertiary/aromatic N) is 1. The van der Waals surface area contributed by atoms with Crippen molar-refractivity contribution >= 4 is 29.7 Å². The lowest BCUT2D eigenvalue weighted by atomic mass is 9.98. The second-order valence-electron chi connectivity index (χ2n) is 6.42. The molecule has 1 atom stereocenters. The Morgan fingerprint density at radius 1 is 1.35 bits per heavy atom. The molecule has 1 amide bonds. The van der Waals surface area contributed by atoms with Crippen LogP contribution in [0.2, 0.25) is 0 Å². The van der Waals surface area contributed by atoms with E-state index in [4.69, 9.17) is 4.74 Å². The van der Waals surface area contributed by atoms with Gasteiger partial charge in [-0.15, -0.1) is 23.7 Å². The van der Waals surface area contributed by atoms with Crippen LogP contribution >= 0.6 is 23.7 Å². The van der Waals surface area contributed by atoms with E-state index >= 15 is 0 Å². The van der Waals surface area contributed by atoms with Crippen LogP contribution in [0.1, 0.15) is 29.4 Å². The monoisotopic (exact) mass is 394 g/mol. The number of ether oxygens (including phenoxy) is 1. The van der Waals surface area contributed by atoms with E-state index in [0.717, 1.165) is 41.4 Å². The molecule has 142 valence electrons. The average Bonchev–Trinajstić information content (AvgIpc) is 3.07. The van der Waals surface area contributed by atoms with Crippen LogP contribution in [0, 0.1) is 5.92 Å². The van der Waals surface area contributed by atoms with Crippen molar-refractivity contribution in [3.8, 4) is 16.2 Å². The summed E-state index contributed by atoms with van der Waals surface area (Å²) in [6, 6.07) is 12.2. The van der Waals surface area contributed by atoms with Gasteiger partial charge in [0.2, 0.25) is 0 Å². The highest BCUT2D eigenvalue weighted by molar-refractivity contribution is 7.17. The number of carbonyl (C=O) groups excluding carboxylic acids is 1. The first-order valence-corrected chi connectivity index (χ1v) is 9.80. The lowest BCUT2D eigenvalue weighted by Crippen LogP contribution is -2.42. The van der Waals surface area contributed by atoms with Crippen LogP contribution in [0.5, 0.6) is 5.75 Å². The first kappa shape index (κ1) is 20.7. The Morgan fingerprint density at radius 3 is 2.81 bits per heavy atom. The molecular formula is C20H27ClN2O2S. The molecule has 1 saturated heterocycles. The minimum absolute atomic E-state index is 0. The summed E-state index contributed by atoms with van der Waals surface area (Å²) in [4.78, 5) is 16.9. The smallest absolute Gasteiger partial charge is 0.267 e. The topological polar surface area (TPSA) is 41.6 Å². The maximum absolute atomic E-state index is 13.1. The summed E-state index contributed by atoms with van der Waals surface area (Å²) < 4.78 is 5.78. The van der Waals surface area contributed by atoms with Crippen LogP contribution in [0.25, 0.3) is 10.4 Å². The molecule has 0 radical (unpaired) electrons. The average molecular weight is 395 g/mol. The number of hydrogen-bond donors (Lipinski definition) is 1. The quantitative estimate of drug-likeness (QED) is 0.793. The number of benzene rings is 1. The fourth-order valence-corrected chi connectivity index (χ4v) is 4.45. The van der Waals surface area contributed by atoms with Crippen molar-refractivity contribution in [2.45, 2.75) is 19.8 Å². The maximum atomic E-state index is 13.1. The van der Waals surface area contributed by atoms with Crippen molar-refractivity contribution in [1.29, 1.82) is 0 Å². The summed E-state index contributed by atoms with van der Waals surface area (Å²) in [6.07, 6.45) is 2.25. The Balaban J connectivity index is 0.00000243. The molecule has 0 aliphatic carbocycles. The highest BCUT2D eigenvalue weighted by Gasteiger charge is 2.28. The number of hydrogen-bond acceptors (Lipinski definition) is 4. The zero-order valence-electron chi connectivity index (χ0n) is 15.4. The van der Waals surface area contributed by atoms with Gasteiger partial charge in [0.15, 0.2) is 0 Å². The third-order valence-corrected chi connectivity index (χ3v) is 5.70. The van der Waals surface area contributed by atoms with E-state index < -0.39 is 0 Å². The van der Waals surface area contributed by atoms with Gasteiger partial charge in [-0.3, -0.25) is 4.79 Å². The number of halogens is 1. The molecule has 26 heavy (non-hydrogen) atoms. The van der Waals surface area contributed by atoms with Gasteiger partial charge in [0.1, 0.15) is 10.6 Å². The maximum Gasteiger partial charge on any atom is 0.267 e. The van der Waals surface area contributed by atoms with Gasteiger partial charge in [-0.2, -0.15) is 0 Å². The standard InChI is InChI=1S/C20H26N2O2S.ClH/c1-3-24-17-12-18(16-9-5-4-6-10-16)25-19(17)20(23)22-11-7-8-15(14-22)13-21-2;/h4-6,9-10,12,15,21H,3,7-8,11,13-14H2,1-2H3;1H. The highest BCUT2D eigenvalue weighted by atomic mass is 35.5. The fourth-order valence-electron chi connectivity index (χ4n) is 3.38. The zero-order chi connectivity index (χ0) is 17.6. The minimum Gasteiger partial charge on any atom is -0.492 e. The van der Waals surface area contributed by atoms with Gasteiger partial charge in [-0.25, -0.2) is 0 Å². The first-order valence-electron chi connectivity index (χ1n) is 8.98. The molecule has 0 spiro atoms. The number of amides is 1. The lowest BCUT2D eigenvalue weighted by molar-refractivity contribution is 0.0675. The molecule has 1 aromatic heterocycles. The molecule has 3 rings (SSSR count). The molecule has 0 saturated carbocycles. The van der Waals surface area contributed by atoms with Crippen molar-refractivity contribution in [2.24, 2.45) is 5.92 Å². The van der Waals surface area contributed by atoms with Crippen LogP contribution in [-0.2, 0) is 0 Å². The first-order chi connectivity index (χ1) is 12.2. The summed E-state index contributed by atoms with van der Waals surface area (Å²) in [5, 5.41) is 3.23. The number of likely N-dealkylation sites (tertiary alicyclic amines) is 1. The summed E-state index contributed by atoms with van der Waals surface area (Å²) in [6.45, 7) is 5.14. The van der Waals surface area contributed by atoms with Gasteiger partial charge >= 0.3 is 0 Å². The largest absolute Gasteiger partial charge is 0.492 e. The second-order valence-corrected chi connectivity index (χ2v) is 7.47. The van der Waals surface area contributed by atoms with Gasteiger partial charge in [-0.05, 0) is 50.9 Å². The Kier molecular flexibility index (Phi) is 7.94. The third kappa shape index (κ3) is 4.78. The molecule has 1 unspecified atom stereocenters. The third-order valence-electron chi connectivity index (χ3n) is 4.55. The van der Waals surface area contributed by atoms with Gasteiger partial charge in [-0.1, -0.05) is 30.3 Å². The normalized spacial score (nSPS) is 16.8. The van der Waals surface area contributed by atoms with E-state index in [1.807, 2.05) is 43.1 Å². The van der Waals surface area contributed by atoms with Crippen LogP contribution < -0.4 is 10.1 Å². The van der Waals surface area contributed by atoms with Crippen LogP contribution in [-0.4, -0.2) is 44.1 Å². The summed E-state index contributed by atoms with van der Waals surface area (Å²) >= 11 is 1.54. The Labute approximate surface area is 166 Å². The van der Waals surface area contributed by atoms with Crippen LogP contribution in [0.3, 0.4) is 0 Å². The molecule has 2 heterocycles. The van der Waals surface area contributed by atoms with E-state index in [0.29, 0.717) is 18.3 Å². The molecule has 2 aromatic rings. The van der Waals surface area contributed by atoms with Crippen LogP contribution in [0.4, 0.5) is 0 Å². The van der Waals surface area contributed by atoms with Crippen molar-refractivity contribution in [3.63, 3.8) is 0 Å². The Bertz CT molecular complexity index is 703. The summed E-state index contributed by atoms with van der Waals surface area (Å²) in [5.41, 5.74) is 1.12. The number of nitrogens with one attached hydrogen (secondary N) is 1. The van der Waals surface area contributed by atoms with E-state index in [9.17, 15) is 4.79 Å². The zero-order valence-corrected chi connectivity index (χ0v) is 17.0. The van der Waals surface area contributed by atoms with Gasteiger partial charge < -0.3 is 15.0 Å². The molecule has 6 heteroatoms. The van der Waals surface area contributed by atoms with E-state index in [1.165, 1.54) is 17.8 Å². The molecule has 1 aliphatic rings. The molecule has 1 aromatic carbocycles. The SMILES string of the molecule is CCOc1cc(-c2ccccc2)sc1C(=O)N1CCCC(CNC)C1.Cl. The Hall–Kier alpha value is -1.56. The van der Waals surface area contributed by atoms with E-state index in [-0.39, 0.29) is 18.3 Å². The van der Waals surface area contributed by atoms with E-state index in [1.54, 1.807) is 0 Å². The van der Waals surface area contributed by atoms with Crippen molar-refractivity contribution in [1.82, 2.24) is 10.2 Å². The number of carbonyl (C=O) groups is 1. The molecule has 1 fully saturated rings. The summed E-state index contributed by atoms with van der Waals surface area (Å²) in [5.74, 6) is 1.36. The summed E-state index contributed by atoms with van der Waals surface area (Å²) in [7, 11) is 1.97. The predicted molar refractivity (Wildman–Crippen MR) is 111 cm³/mol. The minimum atomic E-state index is 0. The molecular weight excluding hydrogens is 368 g/mol. The van der Waals surface area contributed by atoms with Gasteiger partial charge in [0.05, 0.1) is 6.61 Å². The number of rotatable bonds is 6. The van der Waals surface area contributed by atoms with Gasteiger partial charge in [0.25, 0.3) is 5.91 Å². The second kappa shape index (κ2) is 9.95.